The second-order valence-electron chi connectivity index (χ2n) is 3.74. The van der Waals surface area contributed by atoms with Gasteiger partial charge >= 0.3 is 0 Å². The minimum absolute atomic E-state index is 0.378. The Morgan fingerprint density at radius 1 is 1.28 bits per heavy atom. The number of aromatic nitrogens is 2. The van der Waals surface area contributed by atoms with Gasteiger partial charge < -0.3 is 10.5 Å². The van der Waals surface area contributed by atoms with Gasteiger partial charge in [0.15, 0.2) is 5.82 Å². The Balaban J connectivity index is 2.35. The monoisotopic (exact) mass is 307 g/mol. The Hall–Kier alpha value is -1.46. The molecule has 1 aromatic carbocycles. The van der Waals surface area contributed by atoms with E-state index in [1.54, 1.807) is 6.07 Å². The summed E-state index contributed by atoms with van der Waals surface area (Å²) < 4.78 is 6.30. The van der Waals surface area contributed by atoms with Gasteiger partial charge in [-0.3, -0.25) is 0 Å². The zero-order chi connectivity index (χ0) is 13.0. The Bertz CT molecular complexity index is 546. The minimum atomic E-state index is 0.378. The molecule has 0 atom stereocenters. The van der Waals surface area contributed by atoms with Gasteiger partial charge in [0.05, 0.1) is 5.69 Å². The molecule has 0 spiro atoms. The Labute approximate surface area is 114 Å². The van der Waals surface area contributed by atoms with Crippen LogP contribution in [0.4, 0.5) is 5.82 Å². The molecule has 18 heavy (non-hydrogen) atoms. The Morgan fingerprint density at radius 2 is 2.11 bits per heavy atom. The van der Waals surface area contributed by atoms with E-state index < -0.39 is 0 Å². The van der Waals surface area contributed by atoms with Crippen molar-refractivity contribution in [3.05, 3.63) is 40.6 Å². The third kappa shape index (κ3) is 3.27. The SMILES string of the molecule is CCOCc1nc(N)cc(-c2cccc(Br)c2)n1. The summed E-state index contributed by atoms with van der Waals surface area (Å²) in [5.74, 6) is 1.06. The highest BCUT2D eigenvalue weighted by molar-refractivity contribution is 9.10. The molecule has 1 heterocycles. The van der Waals surface area contributed by atoms with Gasteiger partial charge in [-0.1, -0.05) is 28.1 Å². The lowest BCUT2D eigenvalue weighted by Gasteiger charge is -2.06. The van der Waals surface area contributed by atoms with Gasteiger partial charge in [0, 0.05) is 22.7 Å². The van der Waals surface area contributed by atoms with Crippen molar-refractivity contribution in [3.63, 3.8) is 0 Å². The van der Waals surface area contributed by atoms with E-state index in [9.17, 15) is 0 Å². The normalized spacial score (nSPS) is 10.6. The highest BCUT2D eigenvalue weighted by Gasteiger charge is 2.05. The minimum Gasteiger partial charge on any atom is -0.384 e. The number of rotatable bonds is 4. The molecule has 0 aliphatic rings. The second-order valence-corrected chi connectivity index (χ2v) is 4.66. The first-order valence-corrected chi connectivity index (χ1v) is 6.45. The lowest BCUT2D eigenvalue weighted by Crippen LogP contribution is -2.03. The van der Waals surface area contributed by atoms with Crippen LogP contribution >= 0.6 is 15.9 Å². The molecular formula is C13H14BrN3O. The van der Waals surface area contributed by atoms with Crippen LogP contribution in [0.3, 0.4) is 0 Å². The molecule has 0 amide bonds. The third-order valence-corrected chi connectivity index (χ3v) is 2.84. The number of hydrogen-bond acceptors (Lipinski definition) is 4. The first kappa shape index (κ1) is 13.0. The average molecular weight is 308 g/mol. The van der Waals surface area contributed by atoms with E-state index in [-0.39, 0.29) is 0 Å². The van der Waals surface area contributed by atoms with Crippen molar-refractivity contribution in [1.29, 1.82) is 0 Å². The molecule has 0 aliphatic carbocycles. The van der Waals surface area contributed by atoms with Crippen molar-refractivity contribution in [2.45, 2.75) is 13.5 Å². The molecule has 2 N–H and O–H groups in total. The molecule has 0 saturated heterocycles. The molecule has 0 unspecified atom stereocenters. The van der Waals surface area contributed by atoms with Crippen LogP contribution in [-0.4, -0.2) is 16.6 Å². The number of nitrogen functional groups attached to an aromatic ring is 1. The molecule has 94 valence electrons. The van der Waals surface area contributed by atoms with Crippen molar-refractivity contribution < 1.29 is 4.74 Å². The van der Waals surface area contributed by atoms with Crippen molar-refractivity contribution in [3.8, 4) is 11.3 Å². The molecule has 5 heteroatoms. The molecule has 0 fully saturated rings. The Kier molecular flexibility index (Phi) is 4.28. The molecule has 0 saturated carbocycles. The molecule has 2 aromatic rings. The molecular weight excluding hydrogens is 294 g/mol. The maximum Gasteiger partial charge on any atom is 0.157 e. The van der Waals surface area contributed by atoms with E-state index in [2.05, 4.69) is 25.9 Å². The van der Waals surface area contributed by atoms with Crippen molar-refractivity contribution in [2.24, 2.45) is 0 Å². The topological polar surface area (TPSA) is 61.0 Å². The summed E-state index contributed by atoms with van der Waals surface area (Å²) in [7, 11) is 0. The van der Waals surface area contributed by atoms with Crippen LogP contribution in [0.1, 0.15) is 12.7 Å². The maximum atomic E-state index is 5.79. The predicted octanol–water partition coefficient (Wildman–Crippen LogP) is 3.02. The lowest BCUT2D eigenvalue weighted by molar-refractivity contribution is 0.128. The highest BCUT2D eigenvalue weighted by Crippen LogP contribution is 2.22. The van der Waals surface area contributed by atoms with Gasteiger partial charge in [-0.25, -0.2) is 9.97 Å². The molecule has 2 rings (SSSR count). The zero-order valence-electron chi connectivity index (χ0n) is 10.1. The fraction of sp³-hybridized carbons (Fsp3) is 0.231. The van der Waals surface area contributed by atoms with Gasteiger partial charge in [0.2, 0.25) is 0 Å². The number of benzene rings is 1. The Morgan fingerprint density at radius 3 is 2.83 bits per heavy atom. The first-order valence-electron chi connectivity index (χ1n) is 5.66. The summed E-state index contributed by atoms with van der Waals surface area (Å²) in [6, 6.07) is 9.66. The van der Waals surface area contributed by atoms with Crippen LogP contribution in [0.2, 0.25) is 0 Å². The van der Waals surface area contributed by atoms with Gasteiger partial charge in [0.25, 0.3) is 0 Å². The highest BCUT2D eigenvalue weighted by atomic mass is 79.9. The van der Waals surface area contributed by atoms with Crippen LogP contribution in [-0.2, 0) is 11.3 Å². The molecule has 0 aliphatic heterocycles. The van der Waals surface area contributed by atoms with E-state index in [0.717, 1.165) is 15.7 Å². The number of nitrogens with zero attached hydrogens (tertiary/aromatic N) is 2. The summed E-state index contributed by atoms with van der Waals surface area (Å²) in [5, 5.41) is 0. The second kappa shape index (κ2) is 5.93. The summed E-state index contributed by atoms with van der Waals surface area (Å²) in [5.41, 5.74) is 7.59. The van der Waals surface area contributed by atoms with Gasteiger partial charge in [-0.2, -0.15) is 0 Å². The largest absolute Gasteiger partial charge is 0.384 e. The van der Waals surface area contributed by atoms with Gasteiger partial charge in [0.1, 0.15) is 12.4 Å². The van der Waals surface area contributed by atoms with Crippen molar-refractivity contribution in [1.82, 2.24) is 9.97 Å². The predicted molar refractivity (Wildman–Crippen MR) is 74.9 cm³/mol. The maximum absolute atomic E-state index is 5.79. The third-order valence-electron chi connectivity index (χ3n) is 2.35. The molecule has 1 aromatic heterocycles. The van der Waals surface area contributed by atoms with Crippen LogP contribution in [0, 0.1) is 0 Å². The summed E-state index contributed by atoms with van der Waals surface area (Å²) in [6.45, 7) is 2.94. The molecule has 0 bridgehead atoms. The van der Waals surface area contributed by atoms with Crippen molar-refractivity contribution >= 4 is 21.7 Å². The van der Waals surface area contributed by atoms with Gasteiger partial charge in [-0.15, -0.1) is 0 Å². The number of hydrogen-bond donors (Lipinski definition) is 1. The molecule has 0 radical (unpaired) electrons. The lowest BCUT2D eigenvalue weighted by atomic mass is 10.1. The quantitative estimate of drug-likeness (QED) is 0.943. The van der Waals surface area contributed by atoms with E-state index in [1.165, 1.54) is 0 Å². The summed E-state index contributed by atoms with van der Waals surface area (Å²) >= 11 is 3.44. The van der Waals surface area contributed by atoms with E-state index >= 15 is 0 Å². The fourth-order valence-electron chi connectivity index (χ4n) is 1.57. The number of nitrogens with two attached hydrogens (primary N) is 1. The number of anilines is 1. The fourth-order valence-corrected chi connectivity index (χ4v) is 1.97. The summed E-state index contributed by atoms with van der Waals surface area (Å²) in [4.78, 5) is 8.59. The molecule has 4 nitrogen and oxygen atoms in total. The van der Waals surface area contributed by atoms with E-state index in [4.69, 9.17) is 10.5 Å². The van der Waals surface area contributed by atoms with Crippen LogP contribution in [0.25, 0.3) is 11.3 Å². The van der Waals surface area contributed by atoms with Crippen LogP contribution in [0.15, 0.2) is 34.8 Å². The van der Waals surface area contributed by atoms with Crippen LogP contribution in [0.5, 0.6) is 0 Å². The van der Waals surface area contributed by atoms with Crippen molar-refractivity contribution in [2.75, 3.05) is 12.3 Å². The average Bonchev–Trinajstić information content (AvgIpc) is 2.36. The smallest absolute Gasteiger partial charge is 0.157 e. The van der Waals surface area contributed by atoms with E-state index in [1.807, 2.05) is 31.2 Å². The summed E-state index contributed by atoms with van der Waals surface area (Å²) in [6.07, 6.45) is 0. The van der Waals surface area contributed by atoms with E-state index in [0.29, 0.717) is 24.9 Å². The van der Waals surface area contributed by atoms with Gasteiger partial charge in [-0.05, 0) is 19.1 Å². The standard InChI is InChI=1S/C13H14BrN3O/c1-2-18-8-13-16-11(7-12(15)17-13)9-4-3-5-10(14)6-9/h3-7H,2,8H2,1H3,(H2,15,16,17). The number of ether oxygens (including phenoxy) is 1. The van der Waals surface area contributed by atoms with Crippen LogP contribution < -0.4 is 5.73 Å². The zero-order valence-corrected chi connectivity index (χ0v) is 11.6. The number of halogens is 1. The first-order chi connectivity index (χ1) is 8.69.